The third-order valence-corrected chi connectivity index (χ3v) is 7.26. The third kappa shape index (κ3) is 4.94. The van der Waals surface area contributed by atoms with Crippen LogP contribution in [-0.4, -0.2) is 26.4 Å². The number of aryl methyl sites for hydroxylation is 3. The van der Waals surface area contributed by atoms with E-state index in [1.165, 1.54) is 22.2 Å². The van der Waals surface area contributed by atoms with Crippen LogP contribution in [-0.2, 0) is 11.3 Å². The summed E-state index contributed by atoms with van der Waals surface area (Å²) in [7, 11) is 0. The summed E-state index contributed by atoms with van der Waals surface area (Å²) in [6.07, 6.45) is 1.83. The number of aromatic nitrogens is 3. The van der Waals surface area contributed by atoms with Gasteiger partial charge in [-0.1, -0.05) is 66.4 Å². The van der Waals surface area contributed by atoms with Gasteiger partial charge >= 0.3 is 0 Å². The van der Waals surface area contributed by atoms with Crippen LogP contribution in [0.1, 0.15) is 16.0 Å². The lowest BCUT2D eigenvalue weighted by molar-refractivity contribution is -0.113. The van der Waals surface area contributed by atoms with Crippen molar-refractivity contribution in [1.82, 2.24) is 14.8 Å². The molecule has 0 atom stereocenters. The number of benzene rings is 2. The summed E-state index contributed by atoms with van der Waals surface area (Å²) in [6, 6.07) is 16.3. The molecular formula is C26H26N4OS2. The van der Waals surface area contributed by atoms with Gasteiger partial charge in [0.05, 0.1) is 5.75 Å². The quantitative estimate of drug-likeness (QED) is 0.233. The average molecular weight is 475 g/mol. The second kappa shape index (κ2) is 10.2. The predicted molar refractivity (Wildman–Crippen MR) is 139 cm³/mol. The summed E-state index contributed by atoms with van der Waals surface area (Å²) < 4.78 is 2.03. The highest BCUT2D eigenvalue weighted by atomic mass is 32.2. The first kappa shape index (κ1) is 23.0. The minimum atomic E-state index is -0.0662. The molecule has 2 aromatic heterocycles. The largest absolute Gasteiger partial charge is 0.325 e. The van der Waals surface area contributed by atoms with Crippen LogP contribution in [0.2, 0.25) is 0 Å². The third-order valence-electron chi connectivity index (χ3n) is 5.38. The van der Waals surface area contributed by atoms with Crippen LogP contribution in [0.4, 0.5) is 5.69 Å². The van der Waals surface area contributed by atoms with Crippen molar-refractivity contribution in [2.75, 3.05) is 11.1 Å². The normalized spacial score (nSPS) is 10.9. The molecule has 1 amide bonds. The highest BCUT2D eigenvalue weighted by molar-refractivity contribution is 7.99. The van der Waals surface area contributed by atoms with Gasteiger partial charge in [-0.3, -0.25) is 9.36 Å². The van der Waals surface area contributed by atoms with Gasteiger partial charge in [0.1, 0.15) is 0 Å². The summed E-state index contributed by atoms with van der Waals surface area (Å²) in [5.41, 5.74) is 6.34. The lowest BCUT2D eigenvalue weighted by Crippen LogP contribution is -2.16. The molecule has 0 aliphatic rings. The van der Waals surface area contributed by atoms with E-state index in [1.807, 2.05) is 60.9 Å². The van der Waals surface area contributed by atoms with Gasteiger partial charge < -0.3 is 5.32 Å². The molecule has 7 heteroatoms. The second-order valence-electron chi connectivity index (χ2n) is 7.76. The summed E-state index contributed by atoms with van der Waals surface area (Å²) in [6.45, 7) is 10.6. The van der Waals surface area contributed by atoms with Gasteiger partial charge in [-0.15, -0.1) is 28.1 Å². The number of allylic oxidation sites excluding steroid dienone is 1. The van der Waals surface area contributed by atoms with Crippen LogP contribution in [0.5, 0.6) is 0 Å². The number of nitrogens with zero attached hydrogens (tertiary/aromatic N) is 3. The van der Waals surface area contributed by atoms with Gasteiger partial charge in [0, 0.05) is 33.6 Å². The molecule has 4 rings (SSSR count). The highest BCUT2D eigenvalue weighted by Crippen LogP contribution is 2.39. The first-order chi connectivity index (χ1) is 16.0. The molecule has 0 radical (unpaired) electrons. The molecule has 4 aromatic rings. The molecule has 0 fully saturated rings. The van der Waals surface area contributed by atoms with E-state index in [0.29, 0.717) is 11.7 Å². The van der Waals surface area contributed by atoms with Crippen molar-refractivity contribution in [1.29, 1.82) is 0 Å². The molecule has 0 aliphatic heterocycles. The van der Waals surface area contributed by atoms with Crippen LogP contribution < -0.4 is 5.32 Å². The standard InChI is InChI=1S/C26H26N4OS2/c1-5-14-30-25(21-15-32-19(4)23(21)20-12-7-6-8-13-20)28-29-26(30)33-16-22(31)27-24-17(2)10-9-11-18(24)3/h5-13,15H,1,14,16H2,2-4H3,(H,27,31). The number of hydrogen-bond donors (Lipinski definition) is 1. The van der Waals surface area contributed by atoms with E-state index in [-0.39, 0.29) is 11.7 Å². The molecule has 0 aliphatic carbocycles. The Morgan fingerprint density at radius 2 is 1.82 bits per heavy atom. The van der Waals surface area contributed by atoms with E-state index in [1.54, 1.807) is 11.3 Å². The van der Waals surface area contributed by atoms with Gasteiger partial charge in [0.15, 0.2) is 11.0 Å². The molecular weight excluding hydrogens is 448 g/mol. The van der Waals surface area contributed by atoms with E-state index >= 15 is 0 Å². The maximum atomic E-state index is 12.7. The minimum absolute atomic E-state index is 0.0662. The summed E-state index contributed by atoms with van der Waals surface area (Å²) in [4.78, 5) is 13.9. The fourth-order valence-electron chi connectivity index (χ4n) is 3.79. The highest BCUT2D eigenvalue weighted by Gasteiger charge is 2.20. The lowest BCUT2D eigenvalue weighted by Gasteiger charge is -2.12. The number of anilines is 1. The van der Waals surface area contributed by atoms with Crippen LogP contribution in [0.15, 0.2) is 71.7 Å². The monoisotopic (exact) mass is 474 g/mol. The van der Waals surface area contributed by atoms with Crippen LogP contribution in [0.3, 0.4) is 0 Å². The maximum absolute atomic E-state index is 12.7. The second-order valence-corrected chi connectivity index (χ2v) is 9.78. The number of nitrogens with one attached hydrogen (secondary N) is 1. The average Bonchev–Trinajstić information content (AvgIpc) is 3.38. The number of amides is 1. The van der Waals surface area contributed by atoms with Gasteiger partial charge in [0.25, 0.3) is 0 Å². The fourth-order valence-corrected chi connectivity index (χ4v) is 5.40. The van der Waals surface area contributed by atoms with Crippen LogP contribution in [0.25, 0.3) is 22.5 Å². The van der Waals surface area contributed by atoms with Crippen molar-refractivity contribution in [2.45, 2.75) is 32.5 Å². The van der Waals surface area contributed by atoms with Crippen molar-refractivity contribution in [3.05, 3.63) is 82.6 Å². The van der Waals surface area contributed by atoms with Crippen molar-refractivity contribution in [3.8, 4) is 22.5 Å². The molecule has 33 heavy (non-hydrogen) atoms. The predicted octanol–water partition coefficient (Wildman–Crippen LogP) is 6.52. The summed E-state index contributed by atoms with van der Waals surface area (Å²) in [5, 5.41) is 14.8. The fraction of sp³-hybridized carbons (Fsp3) is 0.192. The zero-order valence-corrected chi connectivity index (χ0v) is 20.6. The Hall–Kier alpha value is -3.16. The van der Waals surface area contributed by atoms with Crippen LogP contribution in [0, 0.1) is 20.8 Å². The van der Waals surface area contributed by atoms with E-state index in [2.05, 4.69) is 46.5 Å². The van der Waals surface area contributed by atoms with E-state index in [9.17, 15) is 4.79 Å². The summed E-state index contributed by atoms with van der Waals surface area (Å²) in [5.74, 6) is 0.969. The molecule has 2 heterocycles. The van der Waals surface area contributed by atoms with Gasteiger partial charge in [-0.2, -0.15) is 0 Å². The minimum Gasteiger partial charge on any atom is -0.325 e. The molecule has 0 unspecified atom stereocenters. The Balaban J connectivity index is 1.59. The molecule has 0 saturated heterocycles. The number of hydrogen-bond acceptors (Lipinski definition) is 5. The number of carbonyl (C=O) groups is 1. The molecule has 168 valence electrons. The SMILES string of the molecule is C=CCn1c(SCC(=O)Nc2c(C)cccc2C)nnc1-c1csc(C)c1-c1ccccc1. The van der Waals surface area contributed by atoms with Crippen molar-refractivity contribution in [3.63, 3.8) is 0 Å². The Kier molecular flexibility index (Phi) is 7.11. The van der Waals surface area contributed by atoms with Crippen LogP contribution >= 0.6 is 23.1 Å². The van der Waals surface area contributed by atoms with Crippen molar-refractivity contribution < 1.29 is 4.79 Å². The molecule has 1 N–H and O–H groups in total. The smallest absolute Gasteiger partial charge is 0.234 e. The van der Waals surface area contributed by atoms with E-state index in [4.69, 9.17) is 0 Å². The van der Waals surface area contributed by atoms with Gasteiger partial charge in [-0.05, 0) is 37.5 Å². The van der Waals surface area contributed by atoms with Gasteiger partial charge in [0.2, 0.25) is 5.91 Å². The molecule has 5 nitrogen and oxygen atoms in total. The zero-order chi connectivity index (χ0) is 23.4. The maximum Gasteiger partial charge on any atom is 0.234 e. The summed E-state index contributed by atoms with van der Waals surface area (Å²) >= 11 is 3.08. The number of thioether (sulfide) groups is 1. The van der Waals surface area contributed by atoms with E-state index < -0.39 is 0 Å². The zero-order valence-electron chi connectivity index (χ0n) is 19.0. The Bertz CT molecular complexity index is 1270. The molecule has 0 bridgehead atoms. The Morgan fingerprint density at radius 1 is 1.09 bits per heavy atom. The molecule has 2 aromatic carbocycles. The Labute approximate surface area is 202 Å². The molecule has 0 saturated carbocycles. The first-order valence-corrected chi connectivity index (χ1v) is 12.5. The number of para-hydroxylation sites is 1. The first-order valence-electron chi connectivity index (χ1n) is 10.7. The molecule has 0 spiro atoms. The lowest BCUT2D eigenvalue weighted by atomic mass is 10.0. The van der Waals surface area contributed by atoms with Gasteiger partial charge in [-0.25, -0.2) is 0 Å². The number of rotatable bonds is 8. The Morgan fingerprint density at radius 3 is 2.52 bits per heavy atom. The van der Waals surface area contributed by atoms with Crippen molar-refractivity contribution >= 4 is 34.7 Å². The van der Waals surface area contributed by atoms with Crippen molar-refractivity contribution in [2.24, 2.45) is 0 Å². The van der Waals surface area contributed by atoms with E-state index in [0.717, 1.165) is 33.8 Å². The topological polar surface area (TPSA) is 59.8 Å². The number of carbonyl (C=O) groups excluding carboxylic acids is 1. The number of thiophene rings is 1.